The molecule has 0 aliphatic carbocycles. The number of nitrogens with zero attached hydrogens (tertiary/aromatic N) is 5. The summed E-state index contributed by atoms with van der Waals surface area (Å²) in [5, 5.41) is 11.1. The lowest BCUT2D eigenvalue weighted by Gasteiger charge is -2.24. The molecule has 7 nitrogen and oxygen atoms in total. The molecule has 1 aliphatic heterocycles. The average Bonchev–Trinajstić information content (AvgIpc) is 3.21. The van der Waals surface area contributed by atoms with E-state index in [0.29, 0.717) is 5.69 Å². The number of fused-ring (bicyclic) bond motifs is 1. The summed E-state index contributed by atoms with van der Waals surface area (Å²) in [6.45, 7) is 4.76. The van der Waals surface area contributed by atoms with Crippen LogP contribution in [0.3, 0.4) is 0 Å². The summed E-state index contributed by atoms with van der Waals surface area (Å²) >= 11 is 0. The normalized spacial score (nSPS) is 16.5. The molecule has 1 atom stereocenters. The Morgan fingerprint density at radius 1 is 1.20 bits per heavy atom. The zero-order chi connectivity index (χ0) is 17.4. The summed E-state index contributed by atoms with van der Waals surface area (Å²) in [5.41, 5.74) is 3.40. The van der Waals surface area contributed by atoms with Crippen molar-refractivity contribution >= 4 is 5.91 Å². The molecule has 2 aromatic heterocycles. The van der Waals surface area contributed by atoms with Crippen LogP contribution in [0.4, 0.5) is 0 Å². The highest BCUT2D eigenvalue weighted by Gasteiger charge is 2.22. The zero-order valence-corrected chi connectivity index (χ0v) is 14.3. The Kier molecular flexibility index (Phi) is 3.83. The van der Waals surface area contributed by atoms with E-state index in [9.17, 15) is 4.79 Å². The highest BCUT2D eigenvalue weighted by molar-refractivity contribution is 5.92. The van der Waals surface area contributed by atoms with Crippen molar-refractivity contribution in [1.29, 1.82) is 0 Å². The highest BCUT2D eigenvalue weighted by atomic mass is 16.2. The fourth-order valence-corrected chi connectivity index (χ4v) is 3.16. The maximum Gasteiger partial charge on any atom is 0.273 e. The number of benzene rings is 1. The topological polar surface area (TPSA) is 77.6 Å². The molecule has 3 heterocycles. The number of rotatable bonds is 3. The second-order valence-electron chi connectivity index (χ2n) is 6.54. The Bertz CT molecular complexity index is 908. The van der Waals surface area contributed by atoms with E-state index in [0.717, 1.165) is 36.6 Å². The van der Waals surface area contributed by atoms with Gasteiger partial charge in [-0.15, -0.1) is 5.10 Å². The Morgan fingerprint density at radius 2 is 2.00 bits per heavy atom. The molecule has 0 bridgehead atoms. The summed E-state index contributed by atoms with van der Waals surface area (Å²) in [5.74, 6) is 0.900. The Balaban J connectivity index is 1.44. The van der Waals surface area contributed by atoms with Crippen LogP contribution in [-0.4, -0.2) is 36.5 Å². The summed E-state index contributed by atoms with van der Waals surface area (Å²) < 4.78 is 3.74. The average molecular weight is 336 g/mol. The lowest BCUT2D eigenvalue weighted by molar-refractivity contribution is 0.0922. The minimum absolute atomic E-state index is 0.0816. The Labute approximate surface area is 145 Å². The van der Waals surface area contributed by atoms with E-state index in [-0.39, 0.29) is 11.9 Å². The van der Waals surface area contributed by atoms with E-state index in [1.165, 1.54) is 5.56 Å². The SMILES string of the molecule is Cc1ccc(-n2cc(C(=O)N[C@@H]3CCc4nc(C)cn4C3)nn2)cc1. The van der Waals surface area contributed by atoms with Crippen LogP contribution < -0.4 is 5.32 Å². The largest absolute Gasteiger partial charge is 0.346 e. The number of carbonyl (C=O) groups is 1. The molecule has 0 saturated heterocycles. The molecular formula is C18H20N6O. The molecule has 0 saturated carbocycles. The molecule has 1 N–H and O–H groups in total. The van der Waals surface area contributed by atoms with Crippen molar-refractivity contribution in [1.82, 2.24) is 29.9 Å². The van der Waals surface area contributed by atoms with Gasteiger partial charge in [-0.1, -0.05) is 22.9 Å². The van der Waals surface area contributed by atoms with Gasteiger partial charge in [0.1, 0.15) is 5.82 Å². The van der Waals surface area contributed by atoms with Gasteiger partial charge in [-0.3, -0.25) is 4.79 Å². The third-order valence-corrected chi connectivity index (χ3v) is 4.47. The monoisotopic (exact) mass is 336 g/mol. The van der Waals surface area contributed by atoms with Gasteiger partial charge in [0.05, 0.1) is 17.6 Å². The van der Waals surface area contributed by atoms with Crippen molar-refractivity contribution in [2.75, 3.05) is 0 Å². The lowest BCUT2D eigenvalue weighted by atomic mass is 10.1. The zero-order valence-electron chi connectivity index (χ0n) is 14.3. The first-order valence-electron chi connectivity index (χ1n) is 8.41. The van der Waals surface area contributed by atoms with Gasteiger partial charge in [0.2, 0.25) is 0 Å². The Hall–Kier alpha value is -2.96. The number of hydrogen-bond acceptors (Lipinski definition) is 4. The predicted octanol–water partition coefficient (Wildman–Crippen LogP) is 1.83. The minimum Gasteiger partial charge on any atom is -0.346 e. The maximum atomic E-state index is 12.5. The quantitative estimate of drug-likeness (QED) is 0.791. The van der Waals surface area contributed by atoms with Gasteiger partial charge in [0.15, 0.2) is 5.69 Å². The van der Waals surface area contributed by atoms with Gasteiger partial charge < -0.3 is 9.88 Å². The maximum absolute atomic E-state index is 12.5. The third-order valence-electron chi connectivity index (χ3n) is 4.47. The molecule has 128 valence electrons. The highest BCUT2D eigenvalue weighted by Crippen LogP contribution is 2.15. The van der Waals surface area contributed by atoms with E-state index in [4.69, 9.17) is 0 Å². The Morgan fingerprint density at radius 3 is 2.80 bits per heavy atom. The lowest BCUT2D eigenvalue weighted by Crippen LogP contribution is -2.41. The first kappa shape index (κ1) is 15.6. The van der Waals surface area contributed by atoms with Crippen molar-refractivity contribution in [2.45, 2.75) is 39.3 Å². The molecule has 7 heteroatoms. The van der Waals surface area contributed by atoms with E-state index < -0.39 is 0 Å². The van der Waals surface area contributed by atoms with E-state index in [2.05, 4.69) is 25.2 Å². The van der Waals surface area contributed by atoms with Crippen LogP contribution in [0, 0.1) is 13.8 Å². The van der Waals surface area contributed by atoms with Crippen LogP contribution >= 0.6 is 0 Å². The number of nitrogens with one attached hydrogen (secondary N) is 1. The molecule has 0 spiro atoms. The van der Waals surface area contributed by atoms with E-state index in [1.54, 1.807) is 10.9 Å². The van der Waals surface area contributed by atoms with Gasteiger partial charge >= 0.3 is 0 Å². The molecule has 25 heavy (non-hydrogen) atoms. The molecular weight excluding hydrogens is 316 g/mol. The standard InChI is InChI=1S/C18H20N6O/c1-12-3-6-15(7-4-12)24-11-16(21-22-24)18(25)20-14-5-8-17-19-13(2)9-23(17)10-14/h3-4,6-7,9,11,14H,5,8,10H2,1-2H3,(H,20,25)/t14-/m1/s1. The molecule has 1 aliphatic rings. The first-order chi connectivity index (χ1) is 12.1. The molecule has 3 aromatic rings. The predicted molar refractivity (Wildman–Crippen MR) is 92.6 cm³/mol. The number of carbonyl (C=O) groups excluding carboxylic acids is 1. The van der Waals surface area contributed by atoms with Crippen LogP contribution in [0.25, 0.3) is 5.69 Å². The van der Waals surface area contributed by atoms with Crippen LogP contribution in [0.1, 0.15) is 34.0 Å². The van der Waals surface area contributed by atoms with Crippen molar-refractivity contribution in [3.05, 3.63) is 59.4 Å². The molecule has 1 aromatic carbocycles. The van der Waals surface area contributed by atoms with Gasteiger partial charge in [-0.25, -0.2) is 9.67 Å². The third kappa shape index (κ3) is 3.17. The number of imidazole rings is 1. The number of aryl methyl sites for hydroxylation is 3. The van der Waals surface area contributed by atoms with Crippen molar-refractivity contribution < 1.29 is 4.79 Å². The fraction of sp³-hybridized carbons (Fsp3) is 0.333. The summed E-state index contributed by atoms with van der Waals surface area (Å²) in [6.07, 6.45) is 5.44. The smallest absolute Gasteiger partial charge is 0.273 e. The molecule has 0 radical (unpaired) electrons. The molecule has 4 rings (SSSR count). The van der Waals surface area contributed by atoms with Crippen molar-refractivity contribution in [3.63, 3.8) is 0 Å². The van der Waals surface area contributed by atoms with E-state index in [1.807, 2.05) is 44.3 Å². The van der Waals surface area contributed by atoms with E-state index >= 15 is 0 Å². The second-order valence-corrected chi connectivity index (χ2v) is 6.54. The van der Waals surface area contributed by atoms with Crippen molar-refractivity contribution in [3.8, 4) is 5.69 Å². The number of aromatic nitrogens is 5. The number of hydrogen-bond donors (Lipinski definition) is 1. The number of amides is 1. The summed E-state index contributed by atoms with van der Waals surface area (Å²) in [7, 11) is 0. The van der Waals surface area contributed by atoms with Gasteiger partial charge in [0.25, 0.3) is 5.91 Å². The minimum atomic E-state index is -0.191. The van der Waals surface area contributed by atoms with Gasteiger partial charge in [0, 0.05) is 25.2 Å². The summed E-state index contributed by atoms with van der Waals surface area (Å²) in [6, 6.07) is 8.00. The van der Waals surface area contributed by atoms with Crippen LogP contribution in [0.5, 0.6) is 0 Å². The van der Waals surface area contributed by atoms with Crippen molar-refractivity contribution in [2.24, 2.45) is 0 Å². The first-order valence-corrected chi connectivity index (χ1v) is 8.41. The fourth-order valence-electron chi connectivity index (χ4n) is 3.16. The van der Waals surface area contributed by atoms with Crippen LogP contribution in [0.2, 0.25) is 0 Å². The molecule has 1 amide bonds. The second kappa shape index (κ2) is 6.16. The van der Waals surface area contributed by atoms with Gasteiger partial charge in [-0.2, -0.15) is 0 Å². The molecule has 0 fully saturated rings. The molecule has 0 unspecified atom stereocenters. The van der Waals surface area contributed by atoms with Gasteiger partial charge in [-0.05, 0) is 32.4 Å². The van der Waals surface area contributed by atoms with Crippen LogP contribution in [0.15, 0.2) is 36.7 Å². The summed E-state index contributed by atoms with van der Waals surface area (Å²) in [4.78, 5) is 17.0. The van der Waals surface area contributed by atoms with Crippen LogP contribution in [-0.2, 0) is 13.0 Å².